The normalized spacial score (nSPS) is 29.7. The van der Waals surface area contributed by atoms with Crippen molar-refractivity contribution in [2.24, 2.45) is 29.2 Å². The molecule has 2 fully saturated rings. The van der Waals surface area contributed by atoms with Crippen molar-refractivity contribution in [2.75, 3.05) is 18.0 Å². The quantitative estimate of drug-likeness (QED) is 0.334. The van der Waals surface area contributed by atoms with E-state index in [0.29, 0.717) is 6.42 Å². The largest absolute Gasteiger partial charge is 0.510 e. The van der Waals surface area contributed by atoms with Crippen LogP contribution >= 0.6 is 0 Å². The second-order valence-electron chi connectivity index (χ2n) is 9.07. The molecule has 0 radical (unpaired) electrons. The highest BCUT2D eigenvalue weighted by Crippen LogP contribution is 2.51. The van der Waals surface area contributed by atoms with E-state index in [-0.39, 0.29) is 29.1 Å². The summed E-state index contributed by atoms with van der Waals surface area (Å²) in [5.41, 5.74) is 12.7. The lowest BCUT2D eigenvalue weighted by molar-refractivity contribution is -0.135. The van der Waals surface area contributed by atoms with Gasteiger partial charge >= 0.3 is 0 Å². The number of allylic oxidation sites excluding steroid dienone is 1. The predicted molar refractivity (Wildman–Crippen MR) is 115 cm³/mol. The highest BCUT2D eigenvalue weighted by atomic mass is 16.3. The molecule has 1 aliphatic heterocycles. The number of amides is 1. The maximum absolute atomic E-state index is 13.5. The van der Waals surface area contributed by atoms with E-state index in [1.807, 2.05) is 6.07 Å². The van der Waals surface area contributed by atoms with E-state index in [1.54, 1.807) is 0 Å². The highest BCUT2D eigenvalue weighted by Gasteiger charge is 2.54. The highest BCUT2D eigenvalue weighted by molar-refractivity contribution is 6.28. The second-order valence-corrected chi connectivity index (χ2v) is 9.07. The minimum atomic E-state index is -1.30. The molecule has 1 heterocycles. The van der Waals surface area contributed by atoms with Crippen LogP contribution in [0.15, 0.2) is 29.0 Å². The molecule has 5 rings (SSSR count). The fourth-order valence-corrected chi connectivity index (χ4v) is 5.94. The predicted octanol–water partition coefficient (Wildman–Crippen LogP) is 0.846. The summed E-state index contributed by atoms with van der Waals surface area (Å²) in [5, 5.41) is 32.0. The summed E-state index contributed by atoms with van der Waals surface area (Å²) in [4.78, 5) is 40.3. The number of aromatic hydroxyl groups is 1. The van der Waals surface area contributed by atoms with Gasteiger partial charge in [0.1, 0.15) is 22.8 Å². The molecule has 1 saturated heterocycles. The van der Waals surface area contributed by atoms with Gasteiger partial charge in [-0.05, 0) is 55.2 Å². The first kappa shape index (κ1) is 20.6. The minimum absolute atomic E-state index is 0.0679. The molecular formula is C23H25N3O6. The van der Waals surface area contributed by atoms with Gasteiger partial charge in [0.15, 0.2) is 11.6 Å². The van der Waals surface area contributed by atoms with Crippen LogP contribution in [0.1, 0.15) is 30.4 Å². The average Bonchev–Trinajstić information content (AvgIpc) is 3.26. The number of anilines is 1. The van der Waals surface area contributed by atoms with Gasteiger partial charge in [0.2, 0.25) is 0 Å². The van der Waals surface area contributed by atoms with Gasteiger partial charge in [-0.2, -0.15) is 0 Å². The van der Waals surface area contributed by atoms with Crippen LogP contribution in [0.2, 0.25) is 0 Å². The zero-order valence-corrected chi connectivity index (χ0v) is 17.4. The van der Waals surface area contributed by atoms with Crippen LogP contribution in [0.4, 0.5) is 5.69 Å². The Morgan fingerprint density at radius 2 is 1.75 bits per heavy atom. The number of benzene rings is 1. The van der Waals surface area contributed by atoms with Crippen molar-refractivity contribution in [3.63, 3.8) is 0 Å². The van der Waals surface area contributed by atoms with Crippen LogP contribution in [-0.4, -0.2) is 51.9 Å². The van der Waals surface area contributed by atoms with E-state index in [1.165, 1.54) is 6.07 Å². The number of aliphatic hydroxyl groups is 2. The van der Waals surface area contributed by atoms with E-state index in [2.05, 4.69) is 4.90 Å². The number of aliphatic hydroxyl groups excluding tert-OH is 2. The third-order valence-corrected chi connectivity index (χ3v) is 7.40. The first-order valence-electron chi connectivity index (χ1n) is 10.8. The molecular weight excluding hydrogens is 414 g/mol. The third-order valence-electron chi connectivity index (χ3n) is 7.40. The fraction of sp³-hybridized carbons (Fsp3) is 0.435. The molecule has 1 aromatic rings. The Morgan fingerprint density at radius 1 is 1.06 bits per heavy atom. The van der Waals surface area contributed by atoms with Gasteiger partial charge in [-0.15, -0.1) is 0 Å². The lowest BCUT2D eigenvalue weighted by Gasteiger charge is -2.43. The smallest absolute Gasteiger partial charge is 0.255 e. The van der Waals surface area contributed by atoms with Gasteiger partial charge in [-0.25, -0.2) is 0 Å². The second kappa shape index (κ2) is 7.09. The van der Waals surface area contributed by atoms with Crippen LogP contribution in [0.5, 0.6) is 5.75 Å². The molecule has 4 atom stereocenters. The van der Waals surface area contributed by atoms with Crippen molar-refractivity contribution in [3.8, 4) is 5.75 Å². The Bertz CT molecular complexity index is 1130. The van der Waals surface area contributed by atoms with Crippen LogP contribution in [0.3, 0.4) is 0 Å². The van der Waals surface area contributed by atoms with E-state index in [4.69, 9.17) is 11.5 Å². The monoisotopic (exact) mass is 439 g/mol. The molecule has 7 N–H and O–H groups in total. The number of ketones is 2. The van der Waals surface area contributed by atoms with Crippen LogP contribution < -0.4 is 16.4 Å². The van der Waals surface area contributed by atoms with Crippen molar-refractivity contribution >= 4 is 28.9 Å². The minimum Gasteiger partial charge on any atom is -0.510 e. The number of fused-ring (bicyclic) bond motifs is 3. The topological polar surface area (TPSA) is 167 Å². The fourth-order valence-electron chi connectivity index (χ4n) is 5.94. The zero-order valence-electron chi connectivity index (χ0n) is 17.4. The van der Waals surface area contributed by atoms with Crippen molar-refractivity contribution in [1.82, 2.24) is 0 Å². The van der Waals surface area contributed by atoms with Crippen molar-refractivity contribution in [2.45, 2.75) is 31.7 Å². The molecule has 4 aliphatic rings. The van der Waals surface area contributed by atoms with Crippen LogP contribution in [0, 0.1) is 17.8 Å². The van der Waals surface area contributed by atoms with Crippen molar-refractivity contribution in [3.05, 3.63) is 40.2 Å². The number of nitrogens with two attached hydrogens (primary N) is 2. The number of primary amides is 1. The molecule has 0 bridgehead atoms. The SMILES string of the molecule is NC(=O)C1=C(O)[C@H](N)[C@@H]2C[C@@H]3Cc4c(N5CCCC5)ccc(O)c4C(O)=C3C(=O)[C@@H]2C1=O. The van der Waals surface area contributed by atoms with Gasteiger partial charge in [0, 0.05) is 24.4 Å². The van der Waals surface area contributed by atoms with Crippen LogP contribution in [0.25, 0.3) is 5.76 Å². The first-order chi connectivity index (χ1) is 15.2. The lowest BCUT2D eigenvalue weighted by Crippen LogP contribution is -2.54. The number of nitrogens with zero attached hydrogens (tertiary/aromatic N) is 1. The van der Waals surface area contributed by atoms with Gasteiger partial charge < -0.3 is 31.7 Å². The molecule has 1 saturated carbocycles. The Hall–Kier alpha value is -3.33. The number of hydrogen-bond donors (Lipinski definition) is 5. The average molecular weight is 439 g/mol. The number of phenols is 1. The van der Waals surface area contributed by atoms with E-state index in [9.17, 15) is 29.7 Å². The molecule has 168 valence electrons. The molecule has 0 aromatic heterocycles. The Kier molecular flexibility index (Phi) is 4.56. The maximum atomic E-state index is 13.5. The van der Waals surface area contributed by atoms with Crippen LogP contribution in [-0.2, 0) is 20.8 Å². The lowest BCUT2D eigenvalue weighted by atomic mass is 9.60. The maximum Gasteiger partial charge on any atom is 0.255 e. The standard InChI is InChI=1S/C23H25N3O6/c24-18-11-8-9-7-10-12(26-5-1-2-6-26)3-4-13(27)15(10)19(28)14(9)20(29)16(11)21(30)17(22(18)31)23(25)32/h3-4,9,11,16,18,27-28,31H,1-2,5-8,24H2,(H2,25,32)/t9-,11+,16+,18+/m0/s1. The number of Topliss-reactive ketones (excluding diaryl/α,β-unsaturated/α-hetero) is 2. The summed E-state index contributed by atoms with van der Waals surface area (Å²) in [7, 11) is 0. The Morgan fingerprint density at radius 3 is 2.41 bits per heavy atom. The van der Waals surface area contributed by atoms with Crippen molar-refractivity contribution in [1.29, 1.82) is 0 Å². The van der Waals surface area contributed by atoms with Gasteiger partial charge in [-0.3, -0.25) is 14.4 Å². The van der Waals surface area contributed by atoms with Gasteiger partial charge in [0.05, 0.1) is 17.5 Å². The molecule has 0 unspecified atom stereocenters. The third kappa shape index (κ3) is 2.70. The van der Waals surface area contributed by atoms with Gasteiger partial charge in [0.25, 0.3) is 5.91 Å². The molecule has 0 spiro atoms. The van der Waals surface area contributed by atoms with E-state index < -0.39 is 52.6 Å². The Balaban J connectivity index is 1.64. The molecule has 9 heteroatoms. The molecule has 9 nitrogen and oxygen atoms in total. The Labute approximate surface area is 184 Å². The summed E-state index contributed by atoms with van der Waals surface area (Å²) in [6, 6.07) is 2.25. The summed E-state index contributed by atoms with van der Waals surface area (Å²) in [6.07, 6.45) is 2.77. The van der Waals surface area contributed by atoms with Crippen molar-refractivity contribution < 1.29 is 29.7 Å². The summed E-state index contributed by atoms with van der Waals surface area (Å²) < 4.78 is 0. The summed E-state index contributed by atoms with van der Waals surface area (Å²) in [5.74, 6) is -6.14. The summed E-state index contributed by atoms with van der Waals surface area (Å²) in [6.45, 7) is 1.74. The number of rotatable bonds is 2. The number of carbonyl (C=O) groups excluding carboxylic acids is 3. The zero-order chi connectivity index (χ0) is 22.9. The van der Waals surface area contributed by atoms with Gasteiger partial charge in [-0.1, -0.05) is 0 Å². The van der Waals surface area contributed by atoms with E-state index >= 15 is 0 Å². The molecule has 1 amide bonds. The first-order valence-corrected chi connectivity index (χ1v) is 10.8. The molecule has 32 heavy (non-hydrogen) atoms. The number of carbonyl (C=O) groups is 3. The van der Waals surface area contributed by atoms with E-state index in [0.717, 1.165) is 37.2 Å². The summed E-state index contributed by atoms with van der Waals surface area (Å²) >= 11 is 0. The molecule has 1 aromatic carbocycles. The number of phenolic OH excluding ortho intramolecular Hbond substituents is 1. The number of hydrogen-bond acceptors (Lipinski definition) is 8. The molecule has 3 aliphatic carbocycles.